The fourth-order valence-corrected chi connectivity index (χ4v) is 3.46. The Labute approximate surface area is 215 Å². The van der Waals surface area contributed by atoms with Crippen molar-refractivity contribution in [3.8, 4) is 0 Å². The first kappa shape index (κ1) is 31.8. The molecule has 8 N–H and O–H groups in total. The van der Waals surface area contributed by atoms with Gasteiger partial charge in [-0.3, -0.25) is 24.6 Å². The number of carbonyl (C=O) groups is 5. The number of hydrogen-bond donors (Lipinski definition) is 6. The second-order valence-corrected chi connectivity index (χ2v) is 8.11. The fourth-order valence-electron chi connectivity index (χ4n) is 3.46. The van der Waals surface area contributed by atoms with Crippen molar-refractivity contribution in [1.82, 2.24) is 15.1 Å². The molecule has 1 heterocycles. The molecule has 13 nitrogen and oxygen atoms in total. The van der Waals surface area contributed by atoms with Gasteiger partial charge >= 0.3 is 18.1 Å². The monoisotopic (exact) mass is 546 g/mol. The van der Waals surface area contributed by atoms with Crippen molar-refractivity contribution in [2.24, 2.45) is 11.5 Å². The van der Waals surface area contributed by atoms with Crippen LogP contribution in [-0.2, 0) is 19.2 Å². The van der Waals surface area contributed by atoms with Crippen molar-refractivity contribution in [2.75, 3.05) is 26.2 Å². The minimum absolute atomic E-state index is 0.0761. The van der Waals surface area contributed by atoms with Gasteiger partial charge in [-0.25, -0.2) is 4.79 Å². The van der Waals surface area contributed by atoms with E-state index >= 15 is 0 Å². The molecule has 0 radical (unpaired) electrons. The van der Waals surface area contributed by atoms with Crippen molar-refractivity contribution in [1.29, 1.82) is 5.41 Å². The number of nitrogens with one attached hydrogen (secondary N) is 2. The number of carboxylic acid groups (broad SMARTS) is 2. The lowest BCUT2D eigenvalue weighted by Gasteiger charge is -2.42. The number of amides is 3. The van der Waals surface area contributed by atoms with Crippen molar-refractivity contribution < 1.29 is 47.4 Å². The molecule has 1 aliphatic rings. The Kier molecular flexibility index (Phi) is 11.7. The smallest absolute Gasteiger partial charge is 0.480 e. The van der Waals surface area contributed by atoms with Gasteiger partial charge in [0.15, 0.2) is 0 Å². The second-order valence-electron chi connectivity index (χ2n) is 8.11. The summed E-state index contributed by atoms with van der Waals surface area (Å²) >= 11 is 0. The summed E-state index contributed by atoms with van der Waals surface area (Å²) in [6, 6.07) is 4.41. The molecule has 38 heavy (non-hydrogen) atoms. The molecule has 1 unspecified atom stereocenters. The number of rotatable bonds is 9. The molecule has 1 fully saturated rings. The molecule has 1 saturated heterocycles. The van der Waals surface area contributed by atoms with Gasteiger partial charge in [0.2, 0.25) is 11.8 Å². The number of carboxylic acids is 2. The Hall–Kier alpha value is -4.21. The highest BCUT2D eigenvalue weighted by Crippen LogP contribution is 2.17. The number of nitrogens with zero attached hydrogens (tertiary/aromatic N) is 2. The normalized spacial score (nSPS) is 16.1. The summed E-state index contributed by atoms with van der Waals surface area (Å²) < 4.78 is 31.7. The summed E-state index contributed by atoms with van der Waals surface area (Å²) in [5.41, 5.74) is 12.3. The SMILES string of the molecule is CCCC(N)[C@H]1C(=O)N(CC(=O)O)CCN1C(=O)CNC(=O)c1ccc(C(=N)N)cc1.O=C(O)C(F)(F)F. The van der Waals surface area contributed by atoms with E-state index in [-0.39, 0.29) is 25.5 Å². The maximum atomic E-state index is 12.8. The lowest BCUT2D eigenvalue weighted by atomic mass is 9.98. The van der Waals surface area contributed by atoms with E-state index in [1.54, 1.807) is 0 Å². The molecule has 1 aromatic carbocycles. The third kappa shape index (κ3) is 9.34. The average molecular weight is 547 g/mol. The van der Waals surface area contributed by atoms with Gasteiger partial charge in [0.1, 0.15) is 18.4 Å². The van der Waals surface area contributed by atoms with E-state index < -0.39 is 54.5 Å². The minimum atomic E-state index is -5.08. The van der Waals surface area contributed by atoms with E-state index in [9.17, 15) is 32.3 Å². The Balaban J connectivity index is 0.000000905. The van der Waals surface area contributed by atoms with Crippen molar-refractivity contribution in [3.05, 3.63) is 35.4 Å². The van der Waals surface area contributed by atoms with Crippen LogP contribution in [0.5, 0.6) is 0 Å². The number of alkyl halides is 3. The average Bonchev–Trinajstić information content (AvgIpc) is 2.83. The highest BCUT2D eigenvalue weighted by Gasteiger charge is 2.41. The van der Waals surface area contributed by atoms with E-state index in [1.165, 1.54) is 34.1 Å². The van der Waals surface area contributed by atoms with Crippen LogP contribution in [0, 0.1) is 5.41 Å². The van der Waals surface area contributed by atoms with Crippen LogP contribution in [0.3, 0.4) is 0 Å². The number of amidine groups is 1. The summed E-state index contributed by atoms with van der Waals surface area (Å²) in [7, 11) is 0. The molecule has 3 amide bonds. The van der Waals surface area contributed by atoms with Gasteiger partial charge in [-0.1, -0.05) is 25.5 Å². The topological polar surface area (TPSA) is 220 Å². The van der Waals surface area contributed by atoms with E-state index in [4.69, 9.17) is 31.9 Å². The van der Waals surface area contributed by atoms with Crippen molar-refractivity contribution in [2.45, 2.75) is 38.0 Å². The summed E-state index contributed by atoms with van der Waals surface area (Å²) in [5.74, 6) is -5.49. The molecule has 210 valence electrons. The number of carbonyl (C=O) groups excluding carboxylic acids is 3. The van der Waals surface area contributed by atoms with Crippen LogP contribution in [0.4, 0.5) is 13.2 Å². The Morgan fingerprint density at radius 1 is 1.13 bits per heavy atom. The van der Waals surface area contributed by atoms with Gasteiger partial charge < -0.3 is 36.8 Å². The Bertz CT molecular complexity index is 1050. The minimum Gasteiger partial charge on any atom is -0.480 e. The summed E-state index contributed by atoms with van der Waals surface area (Å²) in [6.45, 7) is 1.31. The standard InChI is InChI=1S/C20H28N6O5.C2HF3O2/c1-2-3-14(21)17-20(31)25(11-16(28)29)8-9-26(17)15(27)10-24-19(30)13-6-4-12(5-7-13)18(22)23;3-2(4,5)1(6)7/h4-7,14,17H,2-3,8-11,21H2,1H3,(H3,22,23)(H,24,30)(H,28,29);(H,6,7)/t14?,17-;/m0./s1. The third-order valence-electron chi connectivity index (χ3n) is 5.29. The Morgan fingerprint density at radius 3 is 2.11 bits per heavy atom. The second kappa shape index (κ2) is 13.9. The predicted molar refractivity (Wildman–Crippen MR) is 126 cm³/mol. The maximum Gasteiger partial charge on any atom is 0.490 e. The molecule has 0 saturated carbocycles. The summed E-state index contributed by atoms with van der Waals surface area (Å²) in [6.07, 6.45) is -3.91. The zero-order valence-electron chi connectivity index (χ0n) is 20.3. The van der Waals surface area contributed by atoms with Crippen LogP contribution in [0.15, 0.2) is 24.3 Å². The van der Waals surface area contributed by atoms with Crippen molar-refractivity contribution in [3.63, 3.8) is 0 Å². The van der Waals surface area contributed by atoms with Crippen LogP contribution < -0.4 is 16.8 Å². The van der Waals surface area contributed by atoms with Crippen LogP contribution in [0.1, 0.15) is 35.7 Å². The molecule has 16 heteroatoms. The van der Waals surface area contributed by atoms with Gasteiger partial charge in [0, 0.05) is 30.3 Å². The van der Waals surface area contributed by atoms with Gasteiger partial charge in [0.05, 0.1) is 6.54 Å². The molecule has 1 aliphatic heterocycles. The predicted octanol–water partition coefficient (Wildman–Crippen LogP) is -0.415. The van der Waals surface area contributed by atoms with Gasteiger partial charge in [-0.2, -0.15) is 13.2 Å². The number of nitrogen functional groups attached to an aromatic ring is 1. The third-order valence-corrected chi connectivity index (χ3v) is 5.29. The molecule has 1 aromatic rings. The molecule has 2 atom stereocenters. The molecule has 0 spiro atoms. The number of aliphatic carboxylic acids is 2. The first-order valence-corrected chi connectivity index (χ1v) is 11.2. The van der Waals surface area contributed by atoms with E-state index in [2.05, 4.69) is 5.32 Å². The van der Waals surface area contributed by atoms with Gasteiger partial charge in [-0.15, -0.1) is 0 Å². The zero-order valence-corrected chi connectivity index (χ0v) is 20.3. The molecule has 0 aliphatic carbocycles. The first-order chi connectivity index (χ1) is 17.6. The molecular formula is C22H29F3N6O7. The van der Waals surface area contributed by atoms with E-state index in [1.807, 2.05) is 6.92 Å². The lowest BCUT2D eigenvalue weighted by Crippen LogP contribution is -2.65. The first-order valence-electron chi connectivity index (χ1n) is 11.2. The van der Waals surface area contributed by atoms with Gasteiger partial charge in [-0.05, 0) is 18.6 Å². The highest BCUT2D eigenvalue weighted by atomic mass is 19.4. The largest absolute Gasteiger partial charge is 0.490 e. The van der Waals surface area contributed by atoms with E-state index in [0.717, 1.165) is 0 Å². The fraction of sp³-hybridized carbons (Fsp3) is 0.455. The lowest BCUT2D eigenvalue weighted by molar-refractivity contribution is -0.192. The number of hydrogen-bond acceptors (Lipinski definition) is 7. The van der Waals surface area contributed by atoms with Crippen LogP contribution in [0.2, 0.25) is 0 Å². The highest BCUT2D eigenvalue weighted by molar-refractivity contribution is 5.99. The Morgan fingerprint density at radius 2 is 1.66 bits per heavy atom. The molecule has 0 bridgehead atoms. The molecule has 2 rings (SSSR count). The molecular weight excluding hydrogens is 517 g/mol. The molecule has 0 aromatic heterocycles. The summed E-state index contributed by atoms with van der Waals surface area (Å²) in [5, 5.41) is 26.0. The quantitative estimate of drug-likeness (QED) is 0.175. The number of benzene rings is 1. The number of piperazine rings is 1. The van der Waals surface area contributed by atoms with Crippen LogP contribution >= 0.6 is 0 Å². The van der Waals surface area contributed by atoms with Crippen LogP contribution in [0.25, 0.3) is 0 Å². The maximum absolute atomic E-state index is 12.8. The van der Waals surface area contributed by atoms with Gasteiger partial charge in [0.25, 0.3) is 5.91 Å². The summed E-state index contributed by atoms with van der Waals surface area (Å²) in [4.78, 5) is 60.4. The van der Waals surface area contributed by atoms with E-state index in [0.29, 0.717) is 24.0 Å². The van der Waals surface area contributed by atoms with Crippen molar-refractivity contribution >= 4 is 35.5 Å². The van der Waals surface area contributed by atoms with Crippen LogP contribution in [-0.4, -0.2) is 99.9 Å². The number of halogens is 3. The number of nitrogens with two attached hydrogens (primary N) is 2. The zero-order chi connectivity index (χ0) is 29.2.